The quantitative estimate of drug-likeness (QED) is 0.153. The summed E-state index contributed by atoms with van der Waals surface area (Å²) in [6.07, 6.45) is -4.48. The predicted octanol–water partition coefficient (Wildman–Crippen LogP) is 5.69. The molecule has 226 valence electrons. The van der Waals surface area contributed by atoms with Crippen LogP contribution in [0.25, 0.3) is 0 Å². The summed E-state index contributed by atoms with van der Waals surface area (Å²) in [5.41, 5.74) is 0.599. The third-order valence-electron chi connectivity index (χ3n) is 5.49. The van der Waals surface area contributed by atoms with Crippen molar-refractivity contribution < 1.29 is 46.4 Å². The Morgan fingerprint density at radius 2 is 1.33 bits per heavy atom. The highest BCUT2D eigenvalue weighted by Crippen LogP contribution is 2.32. The second-order valence-corrected chi connectivity index (χ2v) is 8.78. The van der Waals surface area contributed by atoms with E-state index in [4.69, 9.17) is 23.7 Å². The average Bonchev–Trinajstić information content (AvgIpc) is 2.96. The van der Waals surface area contributed by atoms with Crippen LogP contribution in [0.5, 0.6) is 5.75 Å². The van der Waals surface area contributed by atoms with E-state index in [1.807, 2.05) is 0 Å². The molecule has 0 saturated heterocycles. The van der Waals surface area contributed by atoms with Crippen LogP contribution >= 0.6 is 0 Å². The van der Waals surface area contributed by atoms with Gasteiger partial charge in [-0.2, -0.15) is 13.2 Å². The highest BCUT2D eigenvalue weighted by molar-refractivity contribution is 5.96. The van der Waals surface area contributed by atoms with Crippen LogP contribution in [0.15, 0.2) is 72.8 Å². The van der Waals surface area contributed by atoms with Crippen molar-refractivity contribution in [3.63, 3.8) is 0 Å². The third-order valence-corrected chi connectivity index (χ3v) is 5.49. The number of alkyl halides is 3. The van der Waals surface area contributed by atoms with E-state index in [9.17, 15) is 22.8 Å². The maximum absolute atomic E-state index is 13.0. The van der Waals surface area contributed by atoms with Gasteiger partial charge in [0.25, 0.3) is 0 Å². The Morgan fingerprint density at radius 1 is 0.714 bits per heavy atom. The van der Waals surface area contributed by atoms with Crippen LogP contribution in [0, 0.1) is 0 Å². The Hall–Kier alpha value is -4.13. The molecule has 0 saturated carbocycles. The highest BCUT2D eigenvalue weighted by Gasteiger charge is 2.30. The first-order valence-corrected chi connectivity index (χ1v) is 13.2. The summed E-state index contributed by atoms with van der Waals surface area (Å²) in [6, 6.07) is 18.1. The van der Waals surface area contributed by atoms with Crippen LogP contribution in [0.2, 0.25) is 0 Å². The molecule has 0 aliphatic carbocycles. The van der Waals surface area contributed by atoms with Crippen LogP contribution in [-0.2, 0) is 29.9 Å². The fourth-order valence-electron chi connectivity index (χ4n) is 3.57. The molecular formula is C30H33F3N2O7. The number of rotatable bonds is 17. The lowest BCUT2D eigenvalue weighted by Gasteiger charge is -2.13. The largest absolute Gasteiger partial charge is 0.491 e. The summed E-state index contributed by atoms with van der Waals surface area (Å²) in [6.45, 7) is 3.73. The lowest BCUT2D eigenvalue weighted by molar-refractivity contribution is -0.137. The van der Waals surface area contributed by atoms with Crippen molar-refractivity contribution in [2.24, 2.45) is 0 Å². The van der Waals surface area contributed by atoms with Crippen molar-refractivity contribution in [2.45, 2.75) is 13.1 Å². The number of carbonyl (C=O) groups is 2. The number of carbonyl (C=O) groups excluding carboxylic acids is 2. The Kier molecular flexibility index (Phi) is 13.1. The van der Waals surface area contributed by atoms with Crippen molar-refractivity contribution in [3.8, 4) is 5.75 Å². The second kappa shape index (κ2) is 17.0. The van der Waals surface area contributed by atoms with Gasteiger partial charge in [0.15, 0.2) is 0 Å². The minimum absolute atomic E-state index is 0.00416. The van der Waals surface area contributed by atoms with Gasteiger partial charge in [0.1, 0.15) is 19.0 Å². The molecular weight excluding hydrogens is 557 g/mol. The molecule has 9 nitrogen and oxygen atoms in total. The summed E-state index contributed by atoms with van der Waals surface area (Å²) in [5.74, 6) is -0.0997. The number of ether oxygens (including phenoxy) is 5. The molecule has 0 atom stereocenters. The van der Waals surface area contributed by atoms with Gasteiger partial charge >= 0.3 is 12.1 Å². The average molecular weight is 591 g/mol. The third kappa shape index (κ3) is 11.8. The van der Waals surface area contributed by atoms with Gasteiger partial charge in [-0.15, -0.1) is 0 Å². The molecule has 1 amide bonds. The summed E-state index contributed by atoms with van der Waals surface area (Å²) in [7, 11) is 0. The van der Waals surface area contributed by atoms with Gasteiger partial charge in [0, 0.05) is 18.3 Å². The molecule has 3 aromatic carbocycles. The minimum atomic E-state index is -4.48. The molecule has 0 aromatic heterocycles. The lowest BCUT2D eigenvalue weighted by Crippen LogP contribution is -2.15. The lowest BCUT2D eigenvalue weighted by atomic mass is 10.1. The number of amides is 1. The van der Waals surface area contributed by atoms with Crippen LogP contribution in [0.1, 0.15) is 22.8 Å². The number of benzene rings is 3. The Labute approximate surface area is 241 Å². The molecule has 3 aromatic rings. The van der Waals surface area contributed by atoms with E-state index in [0.29, 0.717) is 56.8 Å². The van der Waals surface area contributed by atoms with Gasteiger partial charge in [0.2, 0.25) is 5.91 Å². The number of nitrogens with one attached hydrogen (secondary N) is 2. The first kappa shape index (κ1) is 32.4. The molecule has 0 aliphatic heterocycles. The summed E-state index contributed by atoms with van der Waals surface area (Å²) in [5, 5.41) is 5.53. The molecule has 0 spiro atoms. The summed E-state index contributed by atoms with van der Waals surface area (Å²) < 4.78 is 66.1. The van der Waals surface area contributed by atoms with Crippen LogP contribution in [0.4, 0.5) is 30.2 Å². The number of hydrogen-bond acceptors (Lipinski definition) is 8. The van der Waals surface area contributed by atoms with Gasteiger partial charge in [-0.25, -0.2) is 4.79 Å². The van der Waals surface area contributed by atoms with Gasteiger partial charge < -0.3 is 34.3 Å². The van der Waals surface area contributed by atoms with E-state index < -0.39 is 17.7 Å². The van der Waals surface area contributed by atoms with Crippen LogP contribution < -0.4 is 15.4 Å². The molecule has 0 heterocycles. The van der Waals surface area contributed by atoms with Crippen LogP contribution in [-0.4, -0.2) is 64.7 Å². The van der Waals surface area contributed by atoms with E-state index in [-0.39, 0.29) is 30.4 Å². The van der Waals surface area contributed by atoms with Crippen molar-refractivity contribution in [3.05, 3.63) is 83.9 Å². The monoisotopic (exact) mass is 590 g/mol. The van der Waals surface area contributed by atoms with E-state index >= 15 is 0 Å². The number of halogens is 3. The van der Waals surface area contributed by atoms with Crippen LogP contribution in [0.3, 0.4) is 0 Å². The molecule has 0 fully saturated rings. The fourth-order valence-corrected chi connectivity index (χ4v) is 3.57. The number of esters is 1. The van der Waals surface area contributed by atoms with Gasteiger partial charge in [-0.3, -0.25) is 4.79 Å². The number of para-hydroxylation sites is 1. The predicted molar refractivity (Wildman–Crippen MR) is 150 cm³/mol. The standard InChI is InChI=1S/C30H33F3N2O7/c1-22(36)34-24-9-11-26(12-10-24)41-19-17-39-15-13-38-14-16-40-18-20-42-29(37)27-7-2-3-8-28(27)35-25-6-4-5-23(21-25)30(31,32)33/h2-12,21,35H,13-20H2,1H3,(H,34,36). The molecule has 42 heavy (non-hydrogen) atoms. The zero-order valence-corrected chi connectivity index (χ0v) is 23.1. The normalized spacial score (nSPS) is 11.1. The SMILES string of the molecule is CC(=O)Nc1ccc(OCCOCCOCCOCCOC(=O)c2ccccc2Nc2cccc(C(F)(F)F)c2)cc1. The van der Waals surface area contributed by atoms with E-state index in [1.165, 1.54) is 25.1 Å². The first-order valence-electron chi connectivity index (χ1n) is 13.2. The molecule has 0 unspecified atom stereocenters. The maximum Gasteiger partial charge on any atom is 0.416 e. The Balaban J connectivity index is 1.22. The van der Waals surface area contributed by atoms with Crippen molar-refractivity contribution in [1.29, 1.82) is 0 Å². The zero-order valence-electron chi connectivity index (χ0n) is 23.1. The van der Waals surface area contributed by atoms with Gasteiger partial charge in [-0.05, 0) is 54.6 Å². The number of anilines is 3. The minimum Gasteiger partial charge on any atom is -0.491 e. The van der Waals surface area contributed by atoms with Gasteiger partial charge in [-0.1, -0.05) is 18.2 Å². The van der Waals surface area contributed by atoms with E-state index in [1.54, 1.807) is 42.5 Å². The maximum atomic E-state index is 13.0. The van der Waals surface area contributed by atoms with Gasteiger partial charge in [0.05, 0.1) is 56.5 Å². The summed E-state index contributed by atoms with van der Waals surface area (Å²) in [4.78, 5) is 23.6. The summed E-state index contributed by atoms with van der Waals surface area (Å²) >= 11 is 0. The van der Waals surface area contributed by atoms with E-state index in [0.717, 1.165) is 12.1 Å². The molecule has 0 bridgehead atoms. The molecule has 2 N–H and O–H groups in total. The Morgan fingerprint density at radius 3 is 1.98 bits per heavy atom. The topological polar surface area (TPSA) is 104 Å². The van der Waals surface area contributed by atoms with Crippen molar-refractivity contribution >= 4 is 28.9 Å². The smallest absolute Gasteiger partial charge is 0.416 e. The number of hydrogen-bond donors (Lipinski definition) is 2. The Bertz CT molecular complexity index is 1270. The highest BCUT2D eigenvalue weighted by atomic mass is 19.4. The van der Waals surface area contributed by atoms with Crippen molar-refractivity contribution in [2.75, 3.05) is 63.5 Å². The molecule has 3 rings (SSSR count). The van der Waals surface area contributed by atoms with E-state index in [2.05, 4.69) is 10.6 Å². The molecule has 12 heteroatoms. The van der Waals surface area contributed by atoms with Crippen molar-refractivity contribution in [1.82, 2.24) is 0 Å². The first-order chi connectivity index (χ1) is 20.2. The fraction of sp³-hybridized carbons (Fsp3) is 0.333. The molecule has 0 aliphatic rings. The second-order valence-electron chi connectivity index (χ2n) is 8.78. The molecule has 0 radical (unpaired) electrons. The zero-order chi connectivity index (χ0) is 30.2.